The molecule has 0 aromatic rings. The van der Waals surface area contributed by atoms with Gasteiger partial charge in [-0.3, -0.25) is 9.69 Å². The second-order valence-corrected chi connectivity index (χ2v) is 7.45. The van der Waals surface area contributed by atoms with Crippen LogP contribution < -0.4 is 5.11 Å². The smallest absolute Gasteiger partial charge is 0.346 e. The predicted molar refractivity (Wildman–Crippen MR) is 81.1 cm³/mol. The molecule has 8 heteroatoms. The molecule has 126 valence electrons. The van der Waals surface area contributed by atoms with Crippen molar-refractivity contribution in [3.05, 3.63) is 22.4 Å². The van der Waals surface area contributed by atoms with Crippen LogP contribution in [0.2, 0.25) is 0 Å². The summed E-state index contributed by atoms with van der Waals surface area (Å²) in [5, 5.41) is 22.0. The Kier molecular flexibility index (Phi) is 4.05. The molecule has 0 bridgehead atoms. The number of carbonyl (C=O) groups excluding carboxylic acids is 2. The maximum atomic E-state index is 12.2. The number of aliphatic hydroxyl groups excluding tert-OH is 1. The number of ether oxygens (including phenoxy) is 1. The van der Waals surface area contributed by atoms with Crippen LogP contribution in [0.15, 0.2) is 22.4 Å². The molecule has 0 radical (unpaired) electrons. The van der Waals surface area contributed by atoms with Crippen molar-refractivity contribution in [3.8, 4) is 0 Å². The van der Waals surface area contributed by atoms with Crippen molar-refractivity contribution in [2.24, 2.45) is 0 Å². The quantitative estimate of drug-likeness (QED) is 0.534. The van der Waals surface area contributed by atoms with Crippen LogP contribution in [0.1, 0.15) is 32.1 Å². The topological polar surface area (TPSA) is 93.1 Å². The molecule has 1 N–H and O–H groups in total. The van der Waals surface area contributed by atoms with Crippen LogP contribution in [0.4, 0.5) is 0 Å². The highest BCUT2D eigenvalue weighted by Crippen LogP contribution is 2.50. The molecule has 7 nitrogen and oxygen atoms in total. The summed E-state index contributed by atoms with van der Waals surface area (Å²) in [5.74, 6) is -1.70. The first-order chi connectivity index (χ1) is 10.8. The molecule has 0 aromatic heterocycles. The van der Waals surface area contributed by atoms with E-state index in [0.717, 1.165) is 41.9 Å². The van der Waals surface area contributed by atoms with Crippen LogP contribution >= 0.6 is 11.8 Å². The van der Waals surface area contributed by atoms with Gasteiger partial charge in [0.05, 0.1) is 4.91 Å². The van der Waals surface area contributed by atoms with Gasteiger partial charge in [-0.15, -0.1) is 0 Å². The van der Waals surface area contributed by atoms with E-state index < -0.39 is 29.0 Å². The van der Waals surface area contributed by atoms with E-state index in [1.165, 1.54) is 31.9 Å². The van der Waals surface area contributed by atoms with Crippen LogP contribution in [0.3, 0.4) is 0 Å². The number of hydrogen-bond acceptors (Lipinski definition) is 7. The minimum Gasteiger partial charge on any atom is -0.860 e. The van der Waals surface area contributed by atoms with Crippen molar-refractivity contribution < 1.29 is 24.5 Å². The molecule has 1 spiro atoms. The van der Waals surface area contributed by atoms with Crippen molar-refractivity contribution in [2.45, 2.75) is 43.4 Å². The van der Waals surface area contributed by atoms with Gasteiger partial charge in [0.25, 0.3) is 5.91 Å². The number of likely N-dealkylation sites (N-methyl/N-ethyl adjacent to an activating group) is 1. The Hall–Kier alpha value is -1.67. The lowest BCUT2D eigenvalue weighted by atomic mass is 9.97. The number of carbonyl (C=O) groups is 2. The Bertz CT molecular complexity index is 609. The molecule has 1 aliphatic carbocycles. The molecule has 3 rings (SSSR count). The highest BCUT2D eigenvalue weighted by molar-refractivity contribution is 8.05. The molecular weight excluding hydrogens is 320 g/mol. The first-order valence-electron chi connectivity index (χ1n) is 7.58. The van der Waals surface area contributed by atoms with E-state index in [0.29, 0.717) is 0 Å². The lowest BCUT2D eigenvalue weighted by molar-refractivity contribution is -0.348. The molecule has 2 aliphatic heterocycles. The molecule has 2 heterocycles. The Morgan fingerprint density at radius 2 is 1.91 bits per heavy atom. The van der Waals surface area contributed by atoms with Crippen LogP contribution in [-0.2, 0) is 14.3 Å². The second kappa shape index (κ2) is 5.76. The highest BCUT2D eigenvalue weighted by atomic mass is 32.2. The van der Waals surface area contributed by atoms with Gasteiger partial charge in [-0.25, -0.2) is 4.79 Å². The summed E-state index contributed by atoms with van der Waals surface area (Å²) in [6, 6.07) is 0. The average Bonchev–Trinajstić information content (AvgIpc) is 2.83. The van der Waals surface area contributed by atoms with E-state index >= 15 is 0 Å². The van der Waals surface area contributed by atoms with Crippen LogP contribution in [0, 0.1) is 0 Å². The minimum atomic E-state index is -1.30. The monoisotopic (exact) mass is 339 g/mol. The number of rotatable bonds is 1. The van der Waals surface area contributed by atoms with Crippen LogP contribution in [0.5, 0.6) is 0 Å². The normalized spacial score (nSPS) is 29.7. The van der Waals surface area contributed by atoms with Gasteiger partial charge >= 0.3 is 5.97 Å². The number of amides is 1. The summed E-state index contributed by atoms with van der Waals surface area (Å²) < 4.78 is 5.53. The molecule has 3 aliphatic rings. The van der Waals surface area contributed by atoms with Gasteiger partial charge in [-0.2, -0.15) is 0 Å². The third kappa shape index (κ3) is 2.70. The lowest BCUT2D eigenvalue weighted by Crippen LogP contribution is -2.54. The fourth-order valence-electron chi connectivity index (χ4n) is 3.06. The van der Waals surface area contributed by atoms with Gasteiger partial charge in [-0.05, 0) is 37.6 Å². The standard InChI is InChI=1S/C15H20N2O5S/c1-16-11(18)9(12(19)17(2)14(16)21)8-10-13(20)22-15(23-10)6-4-3-5-7-15/h8,14,18,21H,3-7H2,1-2H3/p-1. The molecule has 23 heavy (non-hydrogen) atoms. The number of hydrogen-bond donors (Lipinski definition) is 1. The maximum absolute atomic E-state index is 12.2. The zero-order valence-corrected chi connectivity index (χ0v) is 13.9. The first kappa shape index (κ1) is 16.2. The summed E-state index contributed by atoms with van der Waals surface area (Å²) >= 11 is 1.31. The van der Waals surface area contributed by atoms with E-state index in [1.807, 2.05) is 0 Å². The van der Waals surface area contributed by atoms with E-state index in [-0.39, 0.29) is 10.5 Å². The summed E-state index contributed by atoms with van der Waals surface area (Å²) in [6.45, 7) is 0. The molecule has 0 aromatic carbocycles. The third-order valence-electron chi connectivity index (χ3n) is 4.46. The minimum absolute atomic E-state index is 0.132. The Balaban J connectivity index is 1.91. The third-order valence-corrected chi connectivity index (χ3v) is 5.83. The molecule has 1 unspecified atom stereocenters. The lowest BCUT2D eigenvalue weighted by Gasteiger charge is -2.42. The predicted octanol–water partition coefficient (Wildman–Crippen LogP) is 0.0723. The van der Waals surface area contributed by atoms with E-state index in [1.54, 1.807) is 0 Å². The summed E-state index contributed by atoms with van der Waals surface area (Å²) in [6.07, 6.45) is 4.71. The van der Waals surface area contributed by atoms with Gasteiger partial charge in [0.1, 0.15) is 0 Å². The summed E-state index contributed by atoms with van der Waals surface area (Å²) in [7, 11) is 2.80. The van der Waals surface area contributed by atoms with Crippen molar-refractivity contribution >= 4 is 23.6 Å². The van der Waals surface area contributed by atoms with Gasteiger partial charge in [0, 0.05) is 19.7 Å². The van der Waals surface area contributed by atoms with Crippen molar-refractivity contribution in [1.82, 2.24) is 9.80 Å². The molecule has 1 amide bonds. The van der Waals surface area contributed by atoms with Gasteiger partial charge in [0.15, 0.2) is 4.93 Å². The molecule has 2 fully saturated rings. The van der Waals surface area contributed by atoms with E-state index in [9.17, 15) is 19.8 Å². The summed E-state index contributed by atoms with van der Waals surface area (Å²) in [5.41, 5.74) is -0.132. The van der Waals surface area contributed by atoms with E-state index in [2.05, 4.69) is 0 Å². The number of nitrogens with zero attached hydrogens (tertiary/aromatic N) is 2. The largest absolute Gasteiger partial charge is 0.860 e. The molecular formula is C15H19N2O5S-. The Morgan fingerprint density at radius 3 is 2.57 bits per heavy atom. The van der Waals surface area contributed by atoms with Gasteiger partial charge < -0.3 is 19.8 Å². The average molecular weight is 339 g/mol. The first-order valence-corrected chi connectivity index (χ1v) is 8.40. The fourth-order valence-corrected chi connectivity index (χ4v) is 4.37. The van der Waals surface area contributed by atoms with Crippen molar-refractivity contribution in [3.63, 3.8) is 0 Å². The van der Waals surface area contributed by atoms with Crippen LogP contribution in [-0.4, -0.2) is 52.2 Å². The van der Waals surface area contributed by atoms with Gasteiger partial charge in [0.2, 0.25) is 6.35 Å². The number of thioether (sulfide) groups is 1. The molecule has 1 saturated carbocycles. The Labute approximate surface area is 138 Å². The van der Waals surface area contributed by atoms with Crippen molar-refractivity contribution in [2.75, 3.05) is 14.1 Å². The van der Waals surface area contributed by atoms with Crippen molar-refractivity contribution in [1.29, 1.82) is 0 Å². The SMILES string of the molecule is CN1C(=O)C(C=C2SC3(CCCCC3)OC2=O)=C([O-])N(C)C1O. The fraction of sp³-hybridized carbons (Fsp3) is 0.600. The van der Waals surface area contributed by atoms with Gasteiger partial charge in [-0.1, -0.05) is 18.2 Å². The molecule has 1 atom stereocenters. The number of aliphatic hydroxyl groups is 1. The zero-order valence-electron chi connectivity index (χ0n) is 13.1. The second-order valence-electron chi connectivity index (χ2n) is 6.06. The van der Waals surface area contributed by atoms with Crippen LogP contribution in [0.25, 0.3) is 0 Å². The zero-order chi connectivity index (χ0) is 16.8. The van der Waals surface area contributed by atoms with E-state index in [4.69, 9.17) is 4.74 Å². The molecule has 1 saturated heterocycles. The summed E-state index contributed by atoms with van der Waals surface area (Å²) in [4.78, 5) is 26.2. The highest BCUT2D eigenvalue weighted by Gasteiger charge is 2.45. The number of esters is 1. The maximum Gasteiger partial charge on any atom is 0.346 e. The Morgan fingerprint density at radius 1 is 1.26 bits per heavy atom.